The summed E-state index contributed by atoms with van der Waals surface area (Å²) in [5, 5.41) is 3.50. The summed E-state index contributed by atoms with van der Waals surface area (Å²) < 4.78 is 5.42. The van der Waals surface area contributed by atoms with Crippen LogP contribution in [0.15, 0.2) is 47.1 Å². The van der Waals surface area contributed by atoms with Crippen LogP contribution in [0.4, 0.5) is 5.69 Å². The van der Waals surface area contributed by atoms with Gasteiger partial charge in [0.2, 0.25) is 0 Å². The van der Waals surface area contributed by atoms with Gasteiger partial charge in [-0.2, -0.15) is 0 Å². The van der Waals surface area contributed by atoms with Crippen molar-refractivity contribution in [3.8, 4) is 0 Å². The number of rotatable bonds is 5. The summed E-state index contributed by atoms with van der Waals surface area (Å²) in [5.41, 5.74) is 2.45. The highest BCUT2D eigenvalue weighted by atomic mass is 16.3. The highest BCUT2D eigenvalue weighted by molar-refractivity contribution is 5.52. The minimum Gasteiger partial charge on any atom is -0.467 e. The zero-order chi connectivity index (χ0) is 13.0. The second-order valence-electron chi connectivity index (χ2n) is 4.78. The van der Waals surface area contributed by atoms with Gasteiger partial charge in [-0.15, -0.1) is 0 Å². The number of nitrogens with one attached hydrogen (secondary N) is 1. The second kappa shape index (κ2) is 5.74. The molecule has 1 aromatic carbocycles. The Morgan fingerprint density at radius 1 is 1.17 bits per heavy atom. The molecule has 3 nitrogen and oxygen atoms in total. The van der Waals surface area contributed by atoms with Crippen molar-refractivity contribution in [3.05, 3.63) is 54.0 Å². The predicted octanol–water partition coefficient (Wildman–Crippen LogP) is 3.51. The number of hydrogen-bond acceptors (Lipinski definition) is 3. The van der Waals surface area contributed by atoms with Crippen molar-refractivity contribution >= 4 is 5.69 Å². The molecule has 0 saturated carbocycles. The molecule has 0 amide bonds. The predicted molar refractivity (Wildman–Crippen MR) is 74.6 cm³/mol. The van der Waals surface area contributed by atoms with E-state index in [1.165, 1.54) is 5.56 Å². The number of nitrogens with zero attached hydrogens (tertiary/aromatic N) is 1. The van der Waals surface area contributed by atoms with Crippen molar-refractivity contribution in [1.82, 2.24) is 4.90 Å². The van der Waals surface area contributed by atoms with Crippen LogP contribution in [0.25, 0.3) is 0 Å². The zero-order valence-electron chi connectivity index (χ0n) is 11.2. The lowest BCUT2D eigenvalue weighted by Gasteiger charge is -2.18. The molecule has 0 radical (unpaired) electrons. The van der Waals surface area contributed by atoms with Crippen LogP contribution in [0.2, 0.25) is 0 Å². The molecule has 2 rings (SSSR count). The Hall–Kier alpha value is -1.74. The molecule has 0 aliphatic carbocycles. The number of hydrogen-bond donors (Lipinski definition) is 1. The summed E-state index contributed by atoms with van der Waals surface area (Å²) >= 11 is 0. The van der Waals surface area contributed by atoms with Gasteiger partial charge in [0.05, 0.1) is 12.3 Å². The molecule has 3 heteroatoms. The Kier molecular flexibility index (Phi) is 4.05. The Morgan fingerprint density at radius 3 is 2.61 bits per heavy atom. The molecular weight excluding hydrogens is 224 g/mol. The van der Waals surface area contributed by atoms with Crippen LogP contribution in [0, 0.1) is 0 Å². The minimum absolute atomic E-state index is 0.170. The molecule has 0 aliphatic rings. The summed E-state index contributed by atoms with van der Waals surface area (Å²) in [6, 6.07) is 12.5. The van der Waals surface area contributed by atoms with E-state index in [-0.39, 0.29) is 6.04 Å². The third kappa shape index (κ3) is 3.14. The SMILES string of the molecule is CC(Nc1ccccc1CN(C)C)c1ccco1. The van der Waals surface area contributed by atoms with Gasteiger partial charge in [-0.1, -0.05) is 18.2 Å². The third-order valence-corrected chi connectivity index (χ3v) is 2.85. The van der Waals surface area contributed by atoms with Crippen molar-refractivity contribution in [2.24, 2.45) is 0 Å². The lowest BCUT2D eigenvalue weighted by Crippen LogP contribution is -2.14. The topological polar surface area (TPSA) is 28.4 Å². The first-order valence-electron chi connectivity index (χ1n) is 6.19. The molecule has 96 valence electrons. The molecule has 0 saturated heterocycles. The number of para-hydroxylation sites is 1. The van der Waals surface area contributed by atoms with Crippen molar-refractivity contribution in [3.63, 3.8) is 0 Å². The van der Waals surface area contributed by atoms with Gasteiger partial charge in [0.25, 0.3) is 0 Å². The molecule has 18 heavy (non-hydrogen) atoms. The quantitative estimate of drug-likeness (QED) is 0.872. The van der Waals surface area contributed by atoms with Crippen molar-refractivity contribution in [2.75, 3.05) is 19.4 Å². The van der Waals surface area contributed by atoms with E-state index in [0.29, 0.717) is 0 Å². The van der Waals surface area contributed by atoms with Gasteiger partial charge in [-0.05, 0) is 44.8 Å². The van der Waals surface area contributed by atoms with Crippen LogP contribution in [0.1, 0.15) is 24.3 Å². The van der Waals surface area contributed by atoms with Gasteiger partial charge in [0.15, 0.2) is 0 Å². The highest BCUT2D eigenvalue weighted by Gasteiger charge is 2.10. The number of furan rings is 1. The lowest BCUT2D eigenvalue weighted by molar-refractivity contribution is 0.403. The van der Waals surface area contributed by atoms with Crippen molar-refractivity contribution < 1.29 is 4.42 Å². The summed E-state index contributed by atoms with van der Waals surface area (Å²) in [4.78, 5) is 2.16. The van der Waals surface area contributed by atoms with Gasteiger partial charge >= 0.3 is 0 Å². The maximum Gasteiger partial charge on any atom is 0.125 e. The first-order chi connectivity index (χ1) is 8.66. The van der Waals surface area contributed by atoms with Crippen molar-refractivity contribution in [1.29, 1.82) is 0 Å². The first kappa shape index (κ1) is 12.7. The van der Waals surface area contributed by atoms with E-state index in [1.807, 2.05) is 12.1 Å². The van der Waals surface area contributed by atoms with Gasteiger partial charge in [0.1, 0.15) is 5.76 Å². The fraction of sp³-hybridized carbons (Fsp3) is 0.333. The van der Waals surface area contributed by atoms with Gasteiger partial charge < -0.3 is 14.6 Å². The van der Waals surface area contributed by atoms with Gasteiger partial charge in [-0.25, -0.2) is 0 Å². The zero-order valence-corrected chi connectivity index (χ0v) is 11.2. The number of anilines is 1. The first-order valence-corrected chi connectivity index (χ1v) is 6.19. The van der Waals surface area contributed by atoms with E-state index in [1.54, 1.807) is 6.26 Å². The lowest BCUT2D eigenvalue weighted by atomic mass is 10.1. The monoisotopic (exact) mass is 244 g/mol. The summed E-state index contributed by atoms with van der Waals surface area (Å²) in [6.07, 6.45) is 1.71. The third-order valence-electron chi connectivity index (χ3n) is 2.85. The van der Waals surface area contributed by atoms with E-state index in [4.69, 9.17) is 4.42 Å². The van der Waals surface area contributed by atoms with E-state index in [9.17, 15) is 0 Å². The molecule has 0 aliphatic heterocycles. The van der Waals surface area contributed by atoms with Gasteiger partial charge in [-0.3, -0.25) is 0 Å². The maximum absolute atomic E-state index is 5.42. The normalized spacial score (nSPS) is 12.7. The Balaban J connectivity index is 2.13. The molecule has 0 bridgehead atoms. The maximum atomic E-state index is 5.42. The summed E-state index contributed by atoms with van der Waals surface area (Å²) in [6.45, 7) is 3.03. The Morgan fingerprint density at radius 2 is 1.94 bits per heavy atom. The van der Waals surface area contributed by atoms with E-state index in [0.717, 1.165) is 18.0 Å². The molecule has 1 N–H and O–H groups in total. The Labute approximate surface area is 108 Å². The molecule has 2 aromatic rings. The fourth-order valence-corrected chi connectivity index (χ4v) is 1.98. The van der Waals surface area contributed by atoms with Crippen LogP contribution in [0.3, 0.4) is 0 Å². The molecule has 1 aromatic heterocycles. The second-order valence-corrected chi connectivity index (χ2v) is 4.78. The minimum atomic E-state index is 0.170. The smallest absolute Gasteiger partial charge is 0.125 e. The molecule has 1 heterocycles. The summed E-state index contributed by atoms with van der Waals surface area (Å²) in [7, 11) is 4.15. The highest BCUT2D eigenvalue weighted by Crippen LogP contribution is 2.23. The van der Waals surface area contributed by atoms with Crippen molar-refractivity contribution in [2.45, 2.75) is 19.5 Å². The molecule has 0 fully saturated rings. The molecule has 1 unspecified atom stereocenters. The summed E-state index contributed by atoms with van der Waals surface area (Å²) in [5.74, 6) is 0.953. The Bertz CT molecular complexity index is 477. The largest absolute Gasteiger partial charge is 0.467 e. The van der Waals surface area contributed by atoms with Crippen LogP contribution in [-0.2, 0) is 6.54 Å². The van der Waals surface area contributed by atoms with Gasteiger partial charge in [0, 0.05) is 12.2 Å². The molecule has 0 spiro atoms. The average molecular weight is 244 g/mol. The van der Waals surface area contributed by atoms with Crippen LogP contribution in [-0.4, -0.2) is 19.0 Å². The van der Waals surface area contributed by atoms with E-state index < -0.39 is 0 Å². The van der Waals surface area contributed by atoms with Crippen LogP contribution in [0.5, 0.6) is 0 Å². The van der Waals surface area contributed by atoms with E-state index in [2.05, 4.69) is 55.5 Å². The standard InChI is InChI=1S/C15H20N2O/c1-12(15-9-6-10-18-15)16-14-8-5-4-7-13(14)11-17(2)3/h4-10,12,16H,11H2,1-3H3. The molecule has 1 atom stereocenters. The van der Waals surface area contributed by atoms with E-state index >= 15 is 0 Å². The molecular formula is C15H20N2O. The average Bonchev–Trinajstić information content (AvgIpc) is 2.84. The van der Waals surface area contributed by atoms with Crippen LogP contribution >= 0.6 is 0 Å². The number of benzene rings is 1. The van der Waals surface area contributed by atoms with Crippen LogP contribution < -0.4 is 5.32 Å². The fourth-order valence-electron chi connectivity index (χ4n) is 1.98.